The van der Waals surface area contributed by atoms with Crippen molar-refractivity contribution in [2.24, 2.45) is 0 Å². The van der Waals surface area contributed by atoms with Gasteiger partial charge in [0.25, 0.3) is 0 Å². The summed E-state index contributed by atoms with van der Waals surface area (Å²) < 4.78 is 1.06. The van der Waals surface area contributed by atoms with Gasteiger partial charge in [-0.25, -0.2) is 0 Å². The quantitative estimate of drug-likeness (QED) is 0.802. The van der Waals surface area contributed by atoms with E-state index in [9.17, 15) is 0 Å². The lowest BCUT2D eigenvalue weighted by atomic mass is 9.95. The van der Waals surface area contributed by atoms with Gasteiger partial charge in [0.1, 0.15) is 0 Å². The lowest BCUT2D eigenvalue weighted by Gasteiger charge is -2.25. The zero-order valence-electron chi connectivity index (χ0n) is 8.80. The summed E-state index contributed by atoms with van der Waals surface area (Å²) in [5.74, 6) is 0. The lowest BCUT2D eigenvalue weighted by molar-refractivity contribution is 0.463. The number of nitrogens with two attached hydrogens (primary N) is 1. The molecule has 1 aromatic rings. The van der Waals surface area contributed by atoms with Crippen LogP contribution in [0.2, 0.25) is 0 Å². The first-order valence-electron chi connectivity index (χ1n) is 5.58. The van der Waals surface area contributed by atoms with Crippen LogP contribution < -0.4 is 11.1 Å². The normalized spacial score (nSPS) is 17.7. The fraction of sp³-hybridized carbons (Fsp3) is 0.500. The third-order valence-electron chi connectivity index (χ3n) is 3.00. The number of hydrogen-bond donors (Lipinski definition) is 2. The second-order valence-electron chi connectivity index (χ2n) is 4.18. The summed E-state index contributed by atoms with van der Waals surface area (Å²) in [5, 5.41) is 3.55. The highest BCUT2D eigenvalue weighted by Gasteiger charge is 2.15. The van der Waals surface area contributed by atoms with E-state index in [0.717, 1.165) is 15.8 Å². The summed E-state index contributed by atoms with van der Waals surface area (Å²) in [6.45, 7) is 0. The number of anilines is 2. The number of nitrogens with one attached hydrogen (secondary N) is 1. The van der Waals surface area contributed by atoms with Gasteiger partial charge in [-0.2, -0.15) is 0 Å². The molecule has 1 aliphatic carbocycles. The Bertz CT molecular complexity index is 312. The van der Waals surface area contributed by atoms with Crippen LogP contribution in [0.1, 0.15) is 32.1 Å². The number of nitrogen functional groups attached to an aromatic ring is 1. The number of hydrogen-bond acceptors (Lipinski definition) is 2. The largest absolute Gasteiger partial charge is 0.397 e. The van der Waals surface area contributed by atoms with Crippen LogP contribution in [0.25, 0.3) is 0 Å². The standard InChI is InChI=1S/C12H17BrN2/c13-10-7-4-8-11(14)12(10)15-9-5-2-1-3-6-9/h4,7-9,15H,1-3,5-6,14H2. The van der Waals surface area contributed by atoms with Crippen LogP contribution in [0.15, 0.2) is 22.7 Å². The highest BCUT2D eigenvalue weighted by atomic mass is 79.9. The monoisotopic (exact) mass is 268 g/mol. The van der Waals surface area contributed by atoms with Gasteiger partial charge in [-0.1, -0.05) is 25.3 Å². The van der Waals surface area contributed by atoms with Crippen molar-refractivity contribution >= 4 is 27.3 Å². The molecule has 0 aliphatic heterocycles. The van der Waals surface area contributed by atoms with E-state index in [0.29, 0.717) is 6.04 Å². The minimum atomic E-state index is 0.597. The molecule has 3 heteroatoms. The number of rotatable bonds is 2. The maximum absolute atomic E-state index is 5.95. The van der Waals surface area contributed by atoms with Gasteiger partial charge in [0.15, 0.2) is 0 Å². The molecule has 0 heterocycles. The molecule has 1 aromatic carbocycles. The molecule has 0 saturated heterocycles. The third-order valence-corrected chi connectivity index (χ3v) is 3.66. The topological polar surface area (TPSA) is 38.0 Å². The zero-order chi connectivity index (χ0) is 10.7. The SMILES string of the molecule is Nc1cccc(Br)c1NC1CCCCC1. The minimum Gasteiger partial charge on any atom is -0.397 e. The van der Waals surface area contributed by atoms with Gasteiger partial charge in [-0.3, -0.25) is 0 Å². The maximum atomic E-state index is 5.95. The minimum absolute atomic E-state index is 0.597. The molecule has 0 aromatic heterocycles. The van der Waals surface area contributed by atoms with Crippen LogP contribution in [0, 0.1) is 0 Å². The molecule has 2 rings (SSSR count). The van der Waals surface area contributed by atoms with Crippen LogP contribution >= 0.6 is 15.9 Å². The molecular weight excluding hydrogens is 252 g/mol. The number of halogens is 1. The van der Waals surface area contributed by atoms with E-state index in [1.165, 1.54) is 32.1 Å². The van der Waals surface area contributed by atoms with Crippen molar-refractivity contribution in [2.45, 2.75) is 38.1 Å². The van der Waals surface area contributed by atoms with E-state index in [2.05, 4.69) is 21.2 Å². The summed E-state index contributed by atoms with van der Waals surface area (Å²) >= 11 is 3.53. The van der Waals surface area contributed by atoms with Gasteiger partial charge in [0, 0.05) is 10.5 Å². The van der Waals surface area contributed by atoms with Crippen molar-refractivity contribution in [3.8, 4) is 0 Å². The summed E-state index contributed by atoms with van der Waals surface area (Å²) in [6.07, 6.45) is 6.58. The second-order valence-corrected chi connectivity index (χ2v) is 5.04. The Balaban J connectivity index is 2.09. The van der Waals surface area contributed by atoms with Crippen molar-refractivity contribution in [1.82, 2.24) is 0 Å². The molecule has 3 N–H and O–H groups in total. The first-order valence-corrected chi connectivity index (χ1v) is 6.37. The van der Waals surface area contributed by atoms with E-state index in [1.807, 2.05) is 18.2 Å². The van der Waals surface area contributed by atoms with Crippen molar-refractivity contribution in [2.75, 3.05) is 11.1 Å². The first-order chi connectivity index (χ1) is 7.27. The van der Waals surface area contributed by atoms with Gasteiger partial charge in [-0.05, 0) is 40.9 Å². The molecule has 0 unspecified atom stereocenters. The first kappa shape index (κ1) is 10.8. The van der Waals surface area contributed by atoms with Gasteiger partial charge >= 0.3 is 0 Å². The second kappa shape index (κ2) is 4.88. The molecule has 1 fully saturated rings. The molecule has 0 amide bonds. The summed E-state index contributed by atoms with van der Waals surface area (Å²) in [7, 11) is 0. The van der Waals surface area contributed by atoms with E-state index < -0.39 is 0 Å². The lowest BCUT2D eigenvalue weighted by Crippen LogP contribution is -2.23. The van der Waals surface area contributed by atoms with Crippen molar-refractivity contribution in [3.05, 3.63) is 22.7 Å². The van der Waals surface area contributed by atoms with Gasteiger partial charge in [0.05, 0.1) is 11.4 Å². The van der Waals surface area contributed by atoms with Gasteiger partial charge in [-0.15, -0.1) is 0 Å². The third kappa shape index (κ3) is 2.65. The Labute approximate surface area is 99.4 Å². The summed E-state index contributed by atoms with van der Waals surface area (Å²) in [4.78, 5) is 0. The predicted octanol–water partition coefficient (Wildman–Crippen LogP) is 3.78. The number of para-hydroxylation sites is 1. The Hall–Kier alpha value is -0.700. The molecule has 0 spiro atoms. The smallest absolute Gasteiger partial charge is 0.0720 e. The van der Waals surface area contributed by atoms with Crippen LogP contribution in [0.3, 0.4) is 0 Å². The fourth-order valence-corrected chi connectivity index (χ4v) is 2.64. The average molecular weight is 269 g/mol. The van der Waals surface area contributed by atoms with Crippen LogP contribution in [-0.2, 0) is 0 Å². The molecule has 1 aliphatic rings. The predicted molar refractivity (Wildman–Crippen MR) is 69.1 cm³/mol. The van der Waals surface area contributed by atoms with Gasteiger partial charge < -0.3 is 11.1 Å². The molecular formula is C12H17BrN2. The molecule has 0 atom stereocenters. The Morgan fingerprint density at radius 1 is 1.20 bits per heavy atom. The van der Waals surface area contributed by atoms with Gasteiger partial charge in [0.2, 0.25) is 0 Å². The molecule has 0 radical (unpaired) electrons. The maximum Gasteiger partial charge on any atom is 0.0720 e. The van der Waals surface area contributed by atoms with E-state index >= 15 is 0 Å². The highest BCUT2D eigenvalue weighted by Crippen LogP contribution is 2.31. The molecule has 15 heavy (non-hydrogen) atoms. The number of benzene rings is 1. The Morgan fingerprint density at radius 2 is 1.93 bits per heavy atom. The molecule has 2 nitrogen and oxygen atoms in total. The molecule has 82 valence electrons. The Kier molecular flexibility index (Phi) is 3.52. The van der Waals surface area contributed by atoms with Crippen molar-refractivity contribution < 1.29 is 0 Å². The van der Waals surface area contributed by atoms with E-state index in [-0.39, 0.29) is 0 Å². The van der Waals surface area contributed by atoms with E-state index in [4.69, 9.17) is 5.73 Å². The van der Waals surface area contributed by atoms with Crippen LogP contribution in [0.5, 0.6) is 0 Å². The van der Waals surface area contributed by atoms with Crippen LogP contribution in [-0.4, -0.2) is 6.04 Å². The molecule has 1 saturated carbocycles. The van der Waals surface area contributed by atoms with E-state index in [1.54, 1.807) is 0 Å². The van der Waals surface area contributed by atoms with Crippen molar-refractivity contribution in [1.29, 1.82) is 0 Å². The average Bonchev–Trinajstić information content (AvgIpc) is 2.25. The zero-order valence-corrected chi connectivity index (χ0v) is 10.4. The fourth-order valence-electron chi connectivity index (χ4n) is 2.14. The van der Waals surface area contributed by atoms with Crippen LogP contribution in [0.4, 0.5) is 11.4 Å². The Morgan fingerprint density at radius 3 is 2.60 bits per heavy atom. The molecule has 0 bridgehead atoms. The summed E-state index contributed by atoms with van der Waals surface area (Å²) in [5.41, 5.74) is 7.83. The summed E-state index contributed by atoms with van der Waals surface area (Å²) in [6, 6.07) is 6.53. The van der Waals surface area contributed by atoms with Crippen molar-refractivity contribution in [3.63, 3.8) is 0 Å². The highest BCUT2D eigenvalue weighted by molar-refractivity contribution is 9.10.